The SMILES string of the molecule is Cc1nc2c(C(N)CCC(=O)O)cccc2n1C. The lowest BCUT2D eigenvalue weighted by atomic mass is 10.0. The van der Waals surface area contributed by atoms with E-state index in [2.05, 4.69) is 4.98 Å². The van der Waals surface area contributed by atoms with Gasteiger partial charge in [-0.2, -0.15) is 0 Å². The number of rotatable bonds is 4. The van der Waals surface area contributed by atoms with Crippen molar-refractivity contribution in [2.75, 3.05) is 0 Å². The highest BCUT2D eigenvalue weighted by atomic mass is 16.4. The highest BCUT2D eigenvalue weighted by molar-refractivity contribution is 5.80. The smallest absolute Gasteiger partial charge is 0.303 e. The molecule has 1 aromatic heterocycles. The maximum Gasteiger partial charge on any atom is 0.303 e. The molecule has 5 heteroatoms. The van der Waals surface area contributed by atoms with Gasteiger partial charge >= 0.3 is 5.97 Å². The average molecular weight is 247 g/mol. The molecule has 0 aliphatic carbocycles. The zero-order valence-electron chi connectivity index (χ0n) is 10.6. The molecule has 3 N–H and O–H groups in total. The molecule has 96 valence electrons. The summed E-state index contributed by atoms with van der Waals surface area (Å²) in [6.45, 7) is 1.94. The van der Waals surface area contributed by atoms with Crippen LogP contribution in [0, 0.1) is 6.92 Å². The van der Waals surface area contributed by atoms with Crippen LogP contribution in [-0.4, -0.2) is 20.6 Å². The first-order chi connectivity index (χ1) is 8.50. The highest BCUT2D eigenvalue weighted by Gasteiger charge is 2.15. The van der Waals surface area contributed by atoms with Crippen LogP contribution in [0.1, 0.15) is 30.3 Å². The predicted molar refractivity (Wildman–Crippen MR) is 69.2 cm³/mol. The van der Waals surface area contributed by atoms with E-state index < -0.39 is 5.97 Å². The fourth-order valence-corrected chi connectivity index (χ4v) is 2.09. The van der Waals surface area contributed by atoms with Gasteiger partial charge in [0.2, 0.25) is 0 Å². The fraction of sp³-hybridized carbons (Fsp3) is 0.385. The van der Waals surface area contributed by atoms with Crippen LogP contribution < -0.4 is 5.73 Å². The van der Waals surface area contributed by atoms with E-state index >= 15 is 0 Å². The molecule has 18 heavy (non-hydrogen) atoms. The zero-order valence-corrected chi connectivity index (χ0v) is 10.6. The van der Waals surface area contributed by atoms with Crippen molar-refractivity contribution in [1.82, 2.24) is 9.55 Å². The highest BCUT2D eigenvalue weighted by Crippen LogP contribution is 2.25. The molecule has 0 radical (unpaired) electrons. The first-order valence-electron chi connectivity index (χ1n) is 5.90. The van der Waals surface area contributed by atoms with Gasteiger partial charge in [0.05, 0.1) is 11.0 Å². The molecule has 1 aromatic carbocycles. The van der Waals surface area contributed by atoms with Crippen molar-refractivity contribution in [2.24, 2.45) is 12.8 Å². The summed E-state index contributed by atoms with van der Waals surface area (Å²) in [4.78, 5) is 15.1. The van der Waals surface area contributed by atoms with E-state index in [9.17, 15) is 4.79 Å². The van der Waals surface area contributed by atoms with Gasteiger partial charge in [-0.15, -0.1) is 0 Å². The third kappa shape index (κ3) is 2.22. The lowest BCUT2D eigenvalue weighted by molar-refractivity contribution is -0.137. The van der Waals surface area contributed by atoms with Crippen LogP contribution in [0.4, 0.5) is 0 Å². The molecule has 1 unspecified atom stereocenters. The first kappa shape index (κ1) is 12.6. The van der Waals surface area contributed by atoms with Crippen molar-refractivity contribution in [3.8, 4) is 0 Å². The number of nitrogens with zero attached hydrogens (tertiary/aromatic N) is 2. The number of benzene rings is 1. The molecule has 5 nitrogen and oxygen atoms in total. The summed E-state index contributed by atoms with van der Waals surface area (Å²) in [6, 6.07) is 5.54. The Balaban J connectivity index is 2.38. The molecule has 1 heterocycles. The van der Waals surface area contributed by atoms with Crippen LogP contribution in [-0.2, 0) is 11.8 Å². The standard InChI is InChI=1S/C13H17N3O2/c1-8-15-13-9(10(14)6-7-12(17)18)4-3-5-11(13)16(8)2/h3-5,10H,6-7,14H2,1-2H3,(H,17,18). The maximum absolute atomic E-state index is 10.6. The van der Waals surface area contributed by atoms with Crippen molar-refractivity contribution in [2.45, 2.75) is 25.8 Å². The number of nitrogens with two attached hydrogens (primary N) is 1. The summed E-state index contributed by atoms with van der Waals surface area (Å²) in [5, 5.41) is 8.70. The molecule has 2 aromatic rings. The summed E-state index contributed by atoms with van der Waals surface area (Å²) in [7, 11) is 1.96. The number of hydrogen-bond donors (Lipinski definition) is 2. The van der Waals surface area contributed by atoms with Crippen LogP contribution >= 0.6 is 0 Å². The number of carboxylic acids is 1. The van der Waals surface area contributed by atoms with Gasteiger partial charge in [0.25, 0.3) is 0 Å². The zero-order chi connectivity index (χ0) is 13.3. The van der Waals surface area contributed by atoms with Crippen LogP contribution in [0.3, 0.4) is 0 Å². The van der Waals surface area contributed by atoms with Crippen LogP contribution in [0.15, 0.2) is 18.2 Å². The topological polar surface area (TPSA) is 81.1 Å². The minimum Gasteiger partial charge on any atom is -0.481 e. The quantitative estimate of drug-likeness (QED) is 0.862. The summed E-state index contributed by atoms with van der Waals surface area (Å²) in [5.74, 6) is 0.0951. The number of aromatic nitrogens is 2. The number of hydrogen-bond acceptors (Lipinski definition) is 3. The Morgan fingerprint density at radius 1 is 1.56 bits per heavy atom. The molecule has 0 spiro atoms. The molecule has 0 fully saturated rings. The lowest BCUT2D eigenvalue weighted by Crippen LogP contribution is -2.12. The summed E-state index contributed by atoms with van der Waals surface area (Å²) in [5.41, 5.74) is 8.87. The van der Waals surface area contributed by atoms with E-state index in [-0.39, 0.29) is 12.5 Å². The molecule has 2 rings (SSSR count). The molecule has 1 atom stereocenters. The van der Waals surface area contributed by atoms with Gasteiger partial charge in [-0.25, -0.2) is 4.98 Å². The Kier molecular flexibility index (Phi) is 3.34. The Hall–Kier alpha value is -1.88. The lowest BCUT2D eigenvalue weighted by Gasteiger charge is -2.11. The van der Waals surface area contributed by atoms with E-state index in [1.807, 2.05) is 36.7 Å². The molecular formula is C13H17N3O2. The van der Waals surface area contributed by atoms with Gasteiger partial charge in [0.15, 0.2) is 0 Å². The van der Waals surface area contributed by atoms with Gasteiger partial charge in [0, 0.05) is 19.5 Å². The van der Waals surface area contributed by atoms with Gasteiger partial charge in [-0.05, 0) is 25.0 Å². The minimum absolute atomic E-state index is 0.0728. The third-order valence-electron chi connectivity index (χ3n) is 3.23. The molecule has 0 saturated heterocycles. The Bertz CT molecular complexity index is 589. The second-order valence-electron chi connectivity index (χ2n) is 4.47. The van der Waals surface area contributed by atoms with Gasteiger partial charge in [-0.1, -0.05) is 12.1 Å². The van der Waals surface area contributed by atoms with Gasteiger partial charge in [-0.3, -0.25) is 4.79 Å². The largest absolute Gasteiger partial charge is 0.481 e. The summed E-state index contributed by atoms with van der Waals surface area (Å²) < 4.78 is 2.00. The van der Waals surface area contributed by atoms with E-state index in [0.717, 1.165) is 22.4 Å². The summed E-state index contributed by atoms with van der Waals surface area (Å²) in [6.07, 6.45) is 0.493. The number of aryl methyl sites for hydroxylation is 2. The monoisotopic (exact) mass is 247 g/mol. The van der Waals surface area contributed by atoms with Crippen LogP contribution in [0.2, 0.25) is 0 Å². The van der Waals surface area contributed by atoms with Crippen molar-refractivity contribution < 1.29 is 9.90 Å². The number of para-hydroxylation sites is 1. The molecule has 0 aliphatic rings. The number of carbonyl (C=O) groups is 1. The van der Waals surface area contributed by atoms with Crippen molar-refractivity contribution in [1.29, 1.82) is 0 Å². The van der Waals surface area contributed by atoms with Gasteiger partial charge in [0.1, 0.15) is 5.82 Å². The minimum atomic E-state index is -0.824. The van der Waals surface area contributed by atoms with E-state index in [1.54, 1.807) is 0 Å². The van der Waals surface area contributed by atoms with Crippen LogP contribution in [0.5, 0.6) is 0 Å². The average Bonchev–Trinajstić information content (AvgIpc) is 2.62. The maximum atomic E-state index is 10.6. The molecule has 0 saturated carbocycles. The number of imidazole rings is 1. The number of fused-ring (bicyclic) bond motifs is 1. The third-order valence-corrected chi connectivity index (χ3v) is 3.23. The number of carboxylic acid groups (broad SMARTS) is 1. The fourth-order valence-electron chi connectivity index (χ4n) is 2.09. The number of aliphatic carboxylic acids is 1. The Labute approximate surface area is 105 Å². The summed E-state index contributed by atoms with van der Waals surface area (Å²) >= 11 is 0. The van der Waals surface area contributed by atoms with Crippen molar-refractivity contribution >= 4 is 17.0 Å². The van der Waals surface area contributed by atoms with Crippen molar-refractivity contribution in [3.63, 3.8) is 0 Å². The van der Waals surface area contributed by atoms with Crippen molar-refractivity contribution in [3.05, 3.63) is 29.6 Å². The Morgan fingerprint density at radius 3 is 2.94 bits per heavy atom. The molecule has 0 bridgehead atoms. The first-order valence-corrected chi connectivity index (χ1v) is 5.90. The van der Waals surface area contributed by atoms with E-state index in [1.165, 1.54) is 0 Å². The Morgan fingerprint density at radius 2 is 2.28 bits per heavy atom. The van der Waals surface area contributed by atoms with E-state index in [0.29, 0.717) is 6.42 Å². The normalized spacial score (nSPS) is 12.8. The molecule has 0 amide bonds. The van der Waals surface area contributed by atoms with Crippen LogP contribution in [0.25, 0.3) is 11.0 Å². The van der Waals surface area contributed by atoms with Gasteiger partial charge < -0.3 is 15.4 Å². The molecular weight excluding hydrogens is 230 g/mol. The molecule has 0 aliphatic heterocycles. The predicted octanol–water partition coefficient (Wildman–Crippen LogP) is 1.75. The second-order valence-corrected chi connectivity index (χ2v) is 4.47. The van der Waals surface area contributed by atoms with E-state index in [4.69, 9.17) is 10.8 Å². The second kappa shape index (κ2) is 4.78.